The van der Waals surface area contributed by atoms with Crippen LogP contribution in [-0.4, -0.2) is 31.3 Å². The summed E-state index contributed by atoms with van der Waals surface area (Å²) >= 11 is 1.55. The number of para-hydroxylation sites is 2. The Kier molecular flexibility index (Phi) is 5.47. The van der Waals surface area contributed by atoms with Crippen LogP contribution in [0.15, 0.2) is 53.4 Å². The third-order valence-electron chi connectivity index (χ3n) is 4.59. The number of aliphatic hydroxyl groups is 1. The largest absolute Gasteiger partial charge is 0.487 e. The molecule has 2 atom stereocenters. The lowest BCUT2D eigenvalue weighted by molar-refractivity contribution is -0.126. The highest BCUT2D eigenvalue weighted by molar-refractivity contribution is 7.99. The van der Waals surface area contributed by atoms with Crippen molar-refractivity contribution in [2.45, 2.75) is 30.6 Å². The first kappa shape index (κ1) is 18.0. The van der Waals surface area contributed by atoms with E-state index in [4.69, 9.17) is 9.84 Å². The number of fused-ring (bicyclic) bond motifs is 1. The van der Waals surface area contributed by atoms with E-state index in [1.165, 1.54) is 0 Å². The molecule has 3 rings (SSSR count). The van der Waals surface area contributed by atoms with Crippen molar-refractivity contribution in [3.8, 4) is 5.75 Å². The minimum absolute atomic E-state index is 0.133. The summed E-state index contributed by atoms with van der Waals surface area (Å²) in [6.45, 7) is 2.67. The lowest BCUT2D eigenvalue weighted by Gasteiger charge is -2.36. The second-order valence-corrected chi connectivity index (χ2v) is 7.71. The van der Waals surface area contributed by atoms with Crippen molar-refractivity contribution in [1.29, 1.82) is 0 Å². The summed E-state index contributed by atoms with van der Waals surface area (Å²) in [6, 6.07) is 15.8. The molecule has 1 N–H and O–H groups in total. The van der Waals surface area contributed by atoms with Crippen molar-refractivity contribution in [1.82, 2.24) is 3.89 Å². The lowest BCUT2D eigenvalue weighted by atomic mass is 9.99. The summed E-state index contributed by atoms with van der Waals surface area (Å²) in [6.07, 6.45) is 1.50. The minimum Gasteiger partial charge on any atom is -0.487 e. The number of benzene rings is 2. The minimum atomic E-state index is -0.162. The van der Waals surface area contributed by atoms with Gasteiger partial charge in [0, 0.05) is 12.7 Å². The number of unbranched alkanes of at least 4 members (excludes halogenated alkanes) is 1. The second-order valence-electron chi connectivity index (χ2n) is 6.36. The Balaban J connectivity index is 1.94. The molecule has 2 aromatic carbocycles. The highest BCUT2D eigenvalue weighted by Gasteiger charge is 2.47. The lowest BCUT2D eigenvalue weighted by Crippen LogP contribution is -2.48. The molecule has 0 saturated heterocycles. The number of aliphatic hydroxyl groups excluding tert-OH is 1. The first-order valence-corrected chi connectivity index (χ1v) is 9.38. The van der Waals surface area contributed by atoms with Gasteiger partial charge in [-0.25, -0.2) is 4.79 Å². The zero-order valence-electron chi connectivity index (χ0n) is 14.6. The highest BCUT2D eigenvalue weighted by Crippen LogP contribution is 2.48. The molecular weight excluding hydrogens is 334 g/mol. The van der Waals surface area contributed by atoms with E-state index < -0.39 is 0 Å². The molecule has 25 heavy (non-hydrogen) atoms. The topological polar surface area (TPSA) is 46.5 Å². The van der Waals surface area contributed by atoms with Crippen molar-refractivity contribution >= 4 is 23.5 Å². The third kappa shape index (κ3) is 3.45. The van der Waals surface area contributed by atoms with Gasteiger partial charge in [-0.05, 0) is 37.5 Å². The quantitative estimate of drug-likeness (QED) is 0.479. The van der Waals surface area contributed by atoms with Crippen LogP contribution in [0.3, 0.4) is 0 Å². The number of amides is 1. The number of hydrogen-bond acceptors (Lipinski definition) is 4. The van der Waals surface area contributed by atoms with Crippen LogP contribution in [0.2, 0.25) is 0 Å². The molecule has 1 aliphatic heterocycles. The van der Waals surface area contributed by atoms with Crippen molar-refractivity contribution in [3.63, 3.8) is 0 Å². The Labute approximate surface area is 153 Å². The van der Waals surface area contributed by atoms with Gasteiger partial charge < -0.3 is 9.84 Å². The van der Waals surface area contributed by atoms with Crippen LogP contribution in [-0.2, 0) is 4.79 Å². The van der Waals surface area contributed by atoms with E-state index in [0.29, 0.717) is 13.0 Å². The van der Waals surface area contributed by atoms with E-state index in [9.17, 15) is 4.79 Å². The normalized spacial score (nSPS) is 22.5. The fourth-order valence-corrected chi connectivity index (χ4v) is 4.54. The Morgan fingerprint density at radius 1 is 1.12 bits per heavy atom. The summed E-state index contributed by atoms with van der Waals surface area (Å²) in [4.78, 5) is 14.3. The molecule has 5 heteroatoms. The smallest absolute Gasteiger partial charge is 0.337 e. The molecule has 0 spiro atoms. The molecule has 0 radical (unpaired) electrons. The summed E-state index contributed by atoms with van der Waals surface area (Å²) in [5.74, 6) is 0.718. The Hall–Kier alpha value is -1.82. The summed E-state index contributed by atoms with van der Waals surface area (Å²) in [7, 11) is 1.94. The van der Waals surface area contributed by atoms with Crippen LogP contribution >= 0.6 is 11.9 Å². The van der Waals surface area contributed by atoms with Gasteiger partial charge in [-0.2, -0.15) is 3.89 Å². The second kappa shape index (κ2) is 7.60. The predicted molar refractivity (Wildman–Crippen MR) is 102 cm³/mol. The molecule has 1 aliphatic rings. The van der Waals surface area contributed by atoms with Gasteiger partial charge in [-0.15, -0.1) is 0 Å². The molecule has 2 unspecified atom stereocenters. The van der Waals surface area contributed by atoms with Crippen LogP contribution in [0.1, 0.15) is 31.2 Å². The third-order valence-corrected chi connectivity index (χ3v) is 5.90. The number of likely N-dealkylation sites (N-methyl/N-ethyl adjacent to an activating group) is 1. The van der Waals surface area contributed by atoms with Gasteiger partial charge in [0.2, 0.25) is 0 Å². The summed E-state index contributed by atoms with van der Waals surface area (Å²) < 4.78 is 6.07. The number of quaternary nitrogens is 1. The predicted octanol–water partition coefficient (Wildman–Crippen LogP) is 4.13. The molecule has 1 heterocycles. The maximum atomic E-state index is 13.2. The Morgan fingerprint density at radius 2 is 1.84 bits per heavy atom. The van der Waals surface area contributed by atoms with Gasteiger partial charge in [0.25, 0.3) is 0 Å². The van der Waals surface area contributed by atoms with Gasteiger partial charge in [0.05, 0.1) is 24.5 Å². The fourth-order valence-electron chi connectivity index (χ4n) is 3.16. The van der Waals surface area contributed by atoms with Gasteiger partial charge in [-0.1, -0.05) is 30.3 Å². The Bertz CT molecular complexity index is 764. The van der Waals surface area contributed by atoms with Crippen LogP contribution < -0.4 is 8.63 Å². The maximum Gasteiger partial charge on any atom is 0.337 e. The van der Waals surface area contributed by atoms with Gasteiger partial charge in [-0.3, -0.25) is 0 Å². The van der Waals surface area contributed by atoms with Crippen LogP contribution in [0, 0.1) is 0 Å². The number of ether oxygens (including phenoxy) is 1. The van der Waals surface area contributed by atoms with Crippen LogP contribution in [0.5, 0.6) is 5.75 Å². The van der Waals surface area contributed by atoms with Crippen molar-refractivity contribution in [3.05, 3.63) is 54.1 Å². The molecule has 0 aliphatic carbocycles. The van der Waals surface area contributed by atoms with E-state index >= 15 is 0 Å². The standard InChI is InChI=1S/C20H24NO3S/c1-15-16-9-3-6-12-19(16)25-21(2,20(15)23)17-10-4-5-11-18(17)24-14-8-7-13-22/h3-6,9-12,15,22H,7-8,13-14H2,1-2H3/q+1. The number of hydrogen-bond donors (Lipinski definition) is 1. The first-order valence-electron chi connectivity index (χ1n) is 8.60. The SMILES string of the molecule is CC1C(=O)[N+](C)(c2ccccc2OCCCCO)Sc2ccccc21. The van der Waals surface area contributed by atoms with Gasteiger partial charge >= 0.3 is 5.91 Å². The molecule has 1 amide bonds. The van der Waals surface area contributed by atoms with Crippen LogP contribution in [0.4, 0.5) is 5.69 Å². The average Bonchev–Trinajstić information content (AvgIpc) is 2.64. The molecule has 4 nitrogen and oxygen atoms in total. The average molecular weight is 358 g/mol. The van der Waals surface area contributed by atoms with Crippen LogP contribution in [0.25, 0.3) is 0 Å². The number of rotatable bonds is 6. The van der Waals surface area contributed by atoms with Crippen molar-refractivity contribution in [2.24, 2.45) is 0 Å². The van der Waals surface area contributed by atoms with E-state index in [-0.39, 0.29) is 22.3 Å². The number of carbonyl (C=O) groups excluding carboxylic acids is 1. The fraction of sp³-hybridized carbons (Fsp3) is 0.350. The zero-order valence-corrected chi connectivity index (χ0v) is 15.5. The van der Waals surface area contributed by atoms with E-state index in [1.807, 2.05) is 56.4 Å². The number of carbonyl (C=O) groups is 1. The van der Waals surface area contributed by atoms with Crippen molar-refractivity contribution < 1.29 is 14.6 Å². The van der Waals surface area contributed by atoms with Crippen molar-refractivity contribution in [2.75, 3.05) is 20.3 Å². The van der Waals surface area contributed by atoms with E-state index in [0.717, 1.165) is 28.3 Å². The molecule has 2 aromatic rings. The first-order chi connectivity index (χ1) is 12.1. The molecule has 0 saturated carbocycles. The van der Waals surface area contributed by atoms with Gasteiger partial charge in [0.1, 0.15) is 11.9 Å². The van der Waals surface area contributed by atoms with E-state index in [1.54, 1.807) is 11.9 Å². The monoisotopic (exact) mass is 358 g/mol. The summed E-state index contributed by atoms with van der Waals surface area (Å²) in [5, 5.41) is 8.91. The zero-order chi connectivity index (χ0) is 17.9. The molecule has 0 fully saturated rings. The highest BCUT2D eigenvalue weighted by atomic mass is 32.2. The van der Waals surface area contributed by atoms with E-state index in [2.05, 4.69) is 6.07 Å². The maximum absolute atomic E-state index is 13.2. The molecular formula is C20H24NO3S+. The molecule has 132 valence electrons. The Morgan fingerprint density at radius 3 is 2.64 bits per heavy atom. The summed E-state index contributed by atoms with van der Waals surface area (Å²) in [5.41, 5.74) is 1.96. The molecule has 0 bridgehead atoms. The van der Waals surface area contributed by atoms with Gasteiger partial charge in [0.15, 0.2) is 11.4 Å². The number of nitrogens with zero attached hydrogens (tertiary/aromatic N) is 1. The molecule has 0 aromatic heterocycles.